The number of rotatable bonds is 6. The van der Waals surface area contributed by atoms with Crippen LogP contribution in [0, 0.1) is 10.1 Å². The van der Waals surface area contributed by atoms with E-state index in [1.54, 1.807) is 20.8 Å². The lowest BCUT2D eigenvalue weighted by molar-refractivity contribution is -0.385. The molecule has 0 aliphatic carbocycles. The molecule has 0 saturated heterocycles. The molecule has 1 aromatic carbocycles. The Hall–Kier alpha value is -2.12. The first-order valence-electron chi connectivity index (χ1n) is 6.90. The van der Waals surface area contributed by atoms with Crippen LogP contribution in [0.5, 0.6) is 0 Å². The SMILES string of the molecule is CC(C)(C)OC(=O)CCC(F)(F)C(F)c1cccc([N+](=O)[O-])c1. The molecule has 0 amide bonds. The highest BCUT2D eigenvalue weighted by Gasteiger charge is 2.42. The summed E-state index contributed by atoms with van der Waals surface area (Å²) in [5.74, 6) is -4.70. The molecule has 0 radical (unpaired) electrons. The second-order valence-corrected chi connectivity index (χ2v) is 6.06. The van der Waals surface area contributed by atoms with Gasteiger partial charge in [0.2, 0.25) is 0 Å². The smallest absolute Gasteiger partial charge is 0.306 e. The lowest BCUT2D eigenvalue weighted by atomic mass is 10.0. The van der Waals surface area contributed by atoms with E-state index < -0.39 is 52.7 Å². The zero-order valence-corrected chi connectivity index (χ0v) is 13.0. The first-order chi connectivity index (χ1) is 10.4. The van der Waals surface area contributed by atoms with Crippen LogP contribution in [-0.4, -0.2) is 22.4 Å². The minimum Gasteiger partial charge on any atom is -0.460 e. The Morgan fingerprint density at radius 2 is 1.96 bits per heavy atom. The molecule has 0 aliphatic heterocycles. The molecular weight excluding hydrogens is 315 g/mol. The van der Waals surface area contributed by atoms with E-state index in [-0.39, 0.29) is 0 Å². The number of halogens is 3. The molecule has 1 unspecified atom stereocenters. The first kappa shape index (κ1) is 18.9. The quantitative estimate of drug-likeness (QED) is 0.440. The van der Waals surface area contributed by atoms with Crippen LogP contribution >= 0.6 is 0 Å². The van der Waals surface area contributed by atoms with Crippen molar-refractivity contribution >= 4 is 11.7 Å². The van der Waals surface area contributed by atoms with E-state index in [0.29, 0.717) is 0 Å². The molecule has 0 aliphatic rings. The number of non-ortho nitro benzene ring substituents is 1. The molecule has 1 aromatic rings. The molecule has 0 bridgehead atoms. The van der Waals surface area contributed by atoms with Gasteiger partial charge in [0.15, 0.2) is 6.17 Å². The average molecular weight is 333 g/mol. The summed E-state index contributed by atoms with van der Waals surface area (Å²) >= 11 is 0. The van der Waals surface area contributed by atoms with Crippen molar-refractivity contribution < 1.29 is 27.6 Å². The number of benzene rings is 1. The van der Waals surface area contributed by atoms with Crippen molar-refractivity contribution in [1.29, 1.82) is 0 Å². The van der Waals surface area contributed by atoms with Gasteiger partial charge in [-0.2, -0.15) is 0 Å². The van der Waals surface area contributed by atoms with Crippen LogP contribution in [0.15, 0.2) is 24.3 Å². The summed E-state index contributed by atoms with van der Waals surface area (Å²) in [5, 5.41) is 10.6. The van der Waals surface area contributed by atoms with Crippen molar-refractivity contribution in [2.24, 2.45) is 0 Å². The van der Waals surface area contributed by atoms with Crippen molar-refractivity contribution in [3.63, 3.8) is 0 Å². The van der Waals surface area contributed by atoms with Crippen LogP contribution in [0.3, 0.4) is 0 Å². The van der Waals surface area contributed by atoms with Gasteiger partial charge in [0, 0.05) is 18.6 Å². The third-order valence-corrected chi connectivity index (χ3v) is 2.83. The fraction of sp³-hybridized carbons (Fsp3) is 0.533. The molecule has 0 heterocycles. The predicted octanol–water partition coefficient (Wildman–Crippen LogP) is 4.36. The van der Waals surface area contributed by atoms with Gasteiger partial charge in [-0.25, -0.2) is 13.2 Å². The summed E-state index contributed by atoms with van der Waals surface area (Å²) in [5.41, 5.74) is -1.80. The number of nitrogens with zero attached hydrogens (tertiary/aromatic N) is 1. The van der Waals surface area contributed by atoms with Crippen LogP contribution in [0.4, 0.5) is 18.9 Å². The maximum Gasteiger partial charge on any atom is 0.306 e. The molecule has 0 N–H and O–H groups in total. The Morgan fingerprint density at radius 1 is 1.35 bits per heavy atom. The Kier molecular flexibility index (Phi) is 5.74. The molecule has 23 heavy (non-hydrogen) atoms. The fourth-order valence-electron chi connectivity index (χ4n) is 1.83. The van der Waals surface area contributed by atoms with Crippen molar-refractivity contribution in [2.75, 3.05) is 0 Å². The third kappa shape index (κ3) is 5.88. The number of hydrogen-bond donors (Lipinski definition) is 0. The van der Waals surface area contributed by atoms with Gasteiger partial charge in [-0.3, -0.25) is 14.9 Å². The summed E-state index contributed by atoms with van der Waals surface area (Å²) in [7, 11) is 0. The average Bonchev–Trinajstić information content (AvgIpc) is 2.43. The first-order valence-corrected chi connectivity index (χ1v) is 6.90. The standard InChI is InChI=1S/C15H18F3NO4/c1-14(2,3)23-12(20)7-8-15(17,18)13(16)10-5-4-6-11(9-10)19(21)22/h4-6,9,13H,7-8H2,1-3H3. The van der Waals surface area contributed by atoms with E-state index in [0.717, 1.165) is 24.3 Å². The van der Waals surface area contributed by atoms with Crippen molar-refractivity contribution in [2.45, 2.75) is 51.3 Å². The van der Waals surface area contributed by atoms with Gasteiger partial charge in [0.05, 0.1) is 11.3 Å². The molecule has 0 fully saturated rings. The van der Waals surface area contributed by atoms with Crippen LogP contribution in [-0.2, 0) is 9.53 Å². The molecule has 0 aromatic heterocycles. The summed E-state index contributed by atoms with van der Waals surface area (Å²) in [6.45, 7) is 4.76. The Labute approximate surface area is 131 Å². The van der Waals surface area contributed by atoms with E-state index in [1.165, 1.54) is 0 Å². The van der Waals surface area contributed by atoms with Crippen molar-refractivity contribution in [3.05, 3.63) is 39.9 Å². The van der Waals surface area contributed by atoms with Gasteiger partial charge in [0.25, 0.3) is 11.6 Å². The fourth-order valence-corrected chi connectivity index (χ4v) is 1.83. The lowest BCUT2D eigenvalue weighted by Crippen LogP contribution is -2.28. The van der Waals surface area contributed by atoms with Crippen LogP contribution < -0.4 is 0 Å². The number of nitro benzene ring substituents is 1. The number of nitro groups is 1. The minimum absolute atomic E-state index is 0.479. The molecule has 0 saturated carbocycles. The maximum absolute atomic E-state index is 14.0. The zero-order chi connectivity index (χ0) is 17.8. The normalized spacial score (nSPS) is 13.5. The highest BCUT2D eigenvalue weighted by Crippen LogP contribution is 2.39. The van der Waals surface area contributed by atoms with Gasteiger partial charge >= 0.3 is 5.97 Å². The predicted molar refractivity (Wildman–Crippen MR) is 77.0 cm³/mol. The maximum atomic E-state index is 14.0. The van der Waals surface area contributed by atoms with Gasteiger partial charge in [-0.05, 0) is 26.3 Å². The number of carbonyl (C=O) groups excluding carboxylic acids is 1. The molecule has 5 nitrogen and oxygen atoms in total. The van der Waals surface area contributed by atoms with Crippen molar-refractivity contribution in [1.82, 2.24) is 0 Å². The largest absolute Gasteiger partial charge is 0.460 e. The zero-order valence-electron chi connectivity index (χ0n) is 13.0. The van der Waals surface area contributed by atoms with E-state index >= 15 is 0 Å². The van der Waals surface area contributed by atoms with E-state index in [9.17, 15) is 28.1 Å². The van der Waals surface area contributed by atoms with Crippen molar-refractivity contribution in [3.8, 4) is 0 Å². The monoisotopic (exact) mass is 333 g/mol. The topological polar surface area (TPSA) is 69.4 Å². The second kappa shape index (κ2) is 6.97. The molecule has 0 spiro atoms. The molecular formula is C15H18F3NO4. The number of hydrogen-bond acceptors (Lipinski definition) is 4. The second-order valence-electron chi connectivity index (χ2n) is 6.06. The number of ether oxygens (including phenoxy) is 1. The Bertz CT molecular complexity index is 584. The van der Waals surface area contributed by atoms with Crippen LogP contribution in [0.25, 0.3) is 0 Å². The molecule has 128 valence electrons. The summed E-state index contributed by atoms with van der Waals surface area (Å²) in [4.78, 5) is 21.3. The summed E-state index contributed by atoms with van der Waals surface area (Å²) in [6, 6.07) is 4.00. The number of carbonyl (C=O) groups is 1. The molecule has 1 atom stereocenters. The Balaban J connectivity index is 2.77. The third-order valence-electron chi connectivity index (χ3n) is 2.83. The van der Waals surface area contributed by atoms with Gasteiger partial charge < -0.3 is 4.74 Å². The van der Waals surface area contributed by atoms with Crippen LogP contribution in [0.2, 0.25) is 0 Å². The Morgan fingerprint density at radius 3 is 2.48 bits per heavy atom. The van der Waals surface area contributed by atoms with E-state index in [2.05, 4.69) is 0 Å². The number of alkyl halides is 3. The summed E-state index contributed by atoms with van der Waals surface area (Å²) < 4.78 is 46.7. The van der Waals surface area contributed by atoms with Crippen LogP contribution in [0.1, 0.15) is 45.3 Å². The minimum atomic E-state index is -3.84. The highest BCUT2D eigenvalue weighted by atomic mass is 19.3. The van der Waals surface area contributed by atoms with Gasteiger partial charge in [-0.15, -0.1) is 0 Å². The van der Waals surface area contributed by atoms with E-state index in [1.807, 2.05) is 0 Å². The molecule has 8 heteroatoms. The summed E-state index contributed by atoms with van der Waals surface area (Å²) in [6.07, 6.45) is -4.45. The number of esters is 1. The van der Waals surface area contributed by atoms with Gasteiger partial charge in [-0.1, -0.05) is 12.1 Å². The highest BCUT2D eigenvalue weighted by molar-refractivity contribution is 5.69. The van der Waals surface area contributed by atoms with E-state index in [4.69, 9.17) is 4.74 Å². The molecule has 1 rings (SSSR count). The van der Waals surface area contributed by atoms with Gasteiger partial charge in [0.1, 0.15) is 5.60 Å². The lowest BCUT2D eigenvalue weighted by Gasteiger charge is -2.23.